The van der Waals surface area contributed by atoms with Crippen molar-refractivity contribution in [2.45, 2.75) is 90.1 Å². The highest BCUT2D eigenvalue weighted by atomic mass is 32.1. The SMILES string of the molecule is CCCCCCCCCCC(O)CCCc1cccs1. The topological polar surface area (TPSA) is 20.2 Å². The lowest BCUT2D eigenvalue weighted by atomic mass is 10.0. The molecule has 0 aliphatic rings. The predicted molar refractivity (Wildman–Crippen MR) is 90.5 cm³/mol. The first-order valence-corrected chi connectivity index (χ1v) is 9.41. The molecule has 0 aliphatic carbocycles. The van der Waals surface area contributed by atoms with Crippen LogP contribution < -0.4 is 0 Å². The highest BCUT2D eigenvalue weighted by Crippen LogP contribution is 2.15. The van der Waals surface area contributed by atoms with E-state index < -0.39 is 0 Å². The van der Waals surface area contributed by atoms with Crippen molar-refractivity contribution < 1.29 is 5.11 Å². The lowest BCUT2D eigenvalue weighted by Crippen LogP contribution is -2.06. The van der Waals surface area contributed by atoms with Crippen LogP contribution >= 0.6 is 11.3 Å². The van der Waals surface area contributed by atoms with Crippen LogP contribution in [0.1, 0.15) is 82.4 Å². The molecule has 2 heteroatoms. The Morgan fingerprint density at radius 1 is 0.950 bits per heavy atom. The molecule has 1 nitrogen and oxygen atoms in total. The zero-order chi connectivity index (χ0) is 14.5. The molecule has 1 unspecified atom stereocenters. The molecule has 1 atom stereocenters. The molecule has 1 aromatic rings. The number of hydrogen-bond donors (Lipinski definition) is 1. The van der Waals surface area contributed by atoms with Crippen LogP contribution in [0.5, 0.6) is 0 Å². The van der Waals surface area contributed by atoms with Gasteiger partial charge in [-0.3, -0.25) is 0 Å². The summed E-state index contributed by atoms with van der Waals surface area (Å²) in [5.74, 6) is 0. The number of unbranched alkanes of at least 4 members (excludes halogenated alkanes) is 7. The van der Waals surface area contributed by atoms with Gasteiger partial charge >= 0.3 is 0 Å². The average molecular weight is 297 g/mol. The fraction of sp³-hybridized carbons (Fsp3) is 0.778. The first-order valence-electron chi connectivity index (χ1n) is 8.53. The maximum atomic E-state index is 9.95. The average Bonchev–Trinajstić information content (AvgIpc) is 2.95. The van der Waals surface area contributed by atoms with E-state index in [1.165, 1.54) is 56.2 Å². The van der Waals surface area contributed by atoms with Crippen molar-refractivity contribution in [3.8, 4) is 0 Å². The molecule has 0 saturated carbocycles. The molecule has 0 amide bonds. The van der Waals surface area contributed by atoms with Gasteiger partial charge < -0.3 is 5.11 Å². The molecule has 0 bridgehead atoms. The van der Waals surface area contributed by atoms with Gasteiger partial charge in [0.15, 0.2) is 0 Å². The maximum absolute atomic E-state index is 9.95. The predicted octanol–water partition coefficient (Wildman–Crippen LogP) is 5.96. The fourth-order valence-electron chi connectivity index (χ4n) is 2.62. The smallest absolute Gasteiger partial charge is 0.0540 e. The van der Waals surface area contributed by atoms with E-state index in [-0.39, 0.29) is 6.10 Å². The Morgan fingerprint density at radius 3 is 2.25 bits per heavy atom. The zero-order valence-electron chi connectivity index (χ0n) is 13.2. The van der Waals surface area contributed by atoms with Gasteiger partial charge in [0.05, 0.1) is 6.10 Å². The molecule has 116 valence electrons. The summed E-state index contributed by atoms with van der Waals surface area (Å²) in [6, 6.07) is 4.30. The minimum absolute atomic E-state index is 0.0740. The molecule has 0 aromatic carbocycles. The number of hydrogen-bond acceptors (Lipinski definition) is 2. The Labute approximate surface area is 129 Å². The summed E-state index contributed by atoms with van der Waals surface area (Å²) >= 11 is 1.83. The molecular weight excluding hydrogens is 264 g/mol. The molecule has 0 fully saturated rings. The number of thiophene rings is 1. The third kappa shape index (κ3) is 9.55. The molecule has 1 aromatic heterocycles. The van der Waals surface area contributed by atoms with Crippen molar-refractivity contribution in [3.05, 3.63) is 22.4 Å². The van der Waals surface area contributed by atoms with Gasteiger partial charge in [0.2, 0.25) is 0 Å². The minimum atomic E-state index is -0.0740. The molecule has 1 rings (SSSR count). The van der Waals surface area contributed by atoms with E-state index in [2.05, 4.69) is 24.4 Å². The van der Waals surface area contributed by atoms with Crippen molar-refractivity contribution >= 4 is 11.3 Å². The summed E-state index contributed by atoms with van der Waals surface area (Å²) in [5, 5.41) is 12.1. The first kappa shape index (κ1) is 17.7. The van der Waals surface area contributed by atoms with Crippen molar-refractivity contribution in [3.63, 3.8) is 0 Å². The quantitative estimate of drug-likeness (QED) is 0.445. The second-order valence-corrected chi connectivity index (χ2v) is 6.92. The van der Waals surface area contributed by atoms with Crippen LogP contribution in [-0.4, -0.2) is 11.2 Å². The van der Waals surface area contributed by atoms with E-state index in [4.69, 9.17) is 0 Å². The van der Waals surface area contributed by atoms with Gasteiger partial charge in [-0.2, -0.15) is 0 Å². The summed E-state index contributed by atoms with van der Waals surface area (Å²) in [6.45, 7) is 2.26. The lowest BCUT2D eigenvalue weighted by Gasteiger charge is -2.09. The Hall–Kier alpha value is -0.340. The second kappa shape index (κ2) is 12.4. The van der Waals surface area contributed by atoms with Crippen molar-refractivity contribution in [1.82, 2.24) is 0 Å². The first-order chi connectivity index (χ1) is 9.83. The number of aliphatic hydroxyl groups excluding tert-OH is 1. The molecular formula is C18H32OS. The summed E-state index contributed by atoms with van der Waals surface area (Å²) in [5.41, 5.74) is 0. The standard InChI is InChI=1S/C18H32OS/c1-2-3-4-5-6-7-8-9-12-17(19)13-10-14-18-15-11-16-20-18/h11,15-17,19H,2-10,12-14H2,1H3. The largest absolute Gasteiger partial charge is 0.393 e. The molecule has 20 heavy (non-hydrogen) atoms. The summed E-state index contributed by atoms with van der Waals surface area (Å²) in [7, 11) is 0. The van der Waals surface area contributed by atoms with Crippen LogP contribution in [-0.2, 0) is 6.42 Å². The minimum Gasteiger partial charge on any atom is -0.393 e. The Balaban J connectivity index is 1.84. The van der Waals surface area contributed by atoms with Gasteiger partial charge in [-0.25, -0.2) is 0 Å². The highest BCUT2D eigenvalue weighted by Gasteiger charge is 2.04. The van der Waals surface area contributed by atoms with Gasteiger partial charge in [0, 0.05) is 4.88 Å². The Bertz CT molecular complexity index is 294. The lowest BCUT2D eigenvalue weighted by molar-refractivity contribution is 0.148. The molecule has 0 spiro atoms. The molecule has 0 saturated heterocycles. The van der Waals surface area contributed by atoms with E-state index >= 15 is 0 Å². The van der Waals surface area contributed by atoms with Crippen molar-refractivity contribution in [2.75, 3.05) is 0 Å². The third-order valence-electron chi connectivity index (χ3n) is 3.93. The van der Waals surface area contributed by atoms with Crippen molar-refractivity contribution in [2.24, 2.45) is 0 Å². The Kier molecular flexibility index (Phi) is 11.0. The van der Waals surface area contributed by atoms with Crippen LogP contribution in [0.3, 0.4) is 0 Å². The van der Waals surface area contributed by atoms with E-state index in [0.717, 1.165) is 25.7 Å². The van der Waals surface area contributed by atoms with Gasteiger partial charge in [-0.1, -0.05) is 64.4 Å². The van der Waals surface area contributed by atoms with Crippen molar-refractivity contribution in [1.29, 1.82) is 0 Å². The van der Waals surface area contributed by atoms with Crippen LogP contribution in [0.15, 0.2) is 17.5 Å². The van der Waals surface area contributed by atoms with Gasteiger partial charge in [0.1, 0.15) is 0 Å². The molecule has 1 heterocycles. The highest BCUT2D eigenvalue weighted by molar-refractivity contribution is 7.09. The summed E-state index contributed by atoms with van der Waals surface area (Å²) in [4.78, 5) is 1.45. The monoisotopic (exact) mass is 296 g/mol. The van der Waals surface area contributed by atoms with Gasteiger partial charge in [-0.15, -0.1) is 11.3 Å². The number of rotatable bonds is 13. The maximum Gasteiger partial charge on any atom is 0.0540 e. The number of aliphatic hydroxyl groups is 1. The van der Waals surface area contributed by atoms with E-state index in [9.17, 15) is 5.11 Å². The van der Waals surface area contributed by atoms with Crippen LogP contribution in [0.2, 0.25) is 0 Å². The van der Waals surface area contributed by atoms with E-state index in [1.807, 2.05) is 11.3 Å². The zero-order valence-corrected chi connectivity index (χ0v) is 14.0. The van der Waals surface area contributed by atoms with Gasteiger partial charge in [0.25, 0.3) is 0 Å². The normalized spacial score (nSPS) is 12.7. The summed E-state index contributed by atoms with van der Waals surface area (Å²) in [6.07, 6.45) is 14.9. The fourth-order valence-corrected chi connectivity index (χ4v) is 3.38. The van der Waals surface area contributed by atoms with E-state index in [0.29, 0.717) is 0 Å². The van der Waals surface area contributed by atoms with Crippen LogP contribution in [0.25, 0.3) is 0 Å². The number of aryl methyl sites for hydroxylation is 1. The van der Waals surface area contributed by atoms with Gasteiger partial charge in [-0.05, 0) is 37.1 Å². The van der Waals surface area contributed by atoms with Crippen LogP contribution in [0, 0.1) is 0 Å². The molecule has 0 radical (unpaired) electrons. The Morgan fingerprint density at radius 2 is 1.60 bits per heavy atom. The third-order valence-corrected chi connectivity index (χ3v) is 4.87. The van der Waals surface area contributed by atoms with E-state index in [1.54, 1.807) is 0 Å². The molecule has 0 aliphatic heterocycles. The van der Waals surface area contributed by atoms with Crippen LogP contribution in [0.4, 0.5) is 0 Å². The molecule has 1 N–H and O–H groups in total. The second-order valence-electron chi connectivity index (χ2n) is 5.89. The summed E-state index contributed by atoms with van der Waals surface area (Å²) < 4.78 is 0.